The Labute approximate surface area is 133 Å². The molecule has 0 spiro atoms. The maximum atomic E-state index is 13.3. The number of rotatable bonds is 11. The van der Waals surface area contributed by atoms with Gasteiger partial charge in [-0.15, -0.1) is 6.58 Å². The fourth-order valence-electron chi connectivity index (χ4n) is 2.16. The van der Waals surface area contributed by atoms with E-state index in [-0.39, 0.29) is 6.61 Å². The van der Waals surface area contributed by atoms with Gasteiger partial charge in [-0.25, -0.2) is 13.2 Å². The summed E-state index contributed by atoms with van der Waals surface area (Å²) in [5, 5.41) is 0. The number of unbranched alkanes of at least 4 members (excludes halogenated alkanes) is 7. The first-order valence-corrected chi connectivity index (χ1v) is 7.75. The Morgan fingerprint density at radius 2 is 1.09 bits per heavy atom. The van der Waals surface area contributed by atoms with E-state index in [1.807, 2.05) is 6.08 Å². The van der Waals surface area contributed by atoms with E-state index in [1.54, 1.807) is 0 Å². The first-order chi connectivity index (χ1) is 11.0. The lowest BCUT2D eigenvalue weighted by Crippen LogP contribution is -2.08. The largest absolute Gasteiger partial charge is 0.487 e. The van der Waals surface area contributed by atoms with Crippen molar-refractivity contribution in [3.8, 4) is 5.75 Å². The minimum atomic E-state index is -2.18. The van der Waals surface area contributed by atoms with Crippen molar-refractivity contribution in [3.05, 3.63) is 41.7 Å². The van der Waals surface area contributed by atoms with Gasteiger partial charge in [0.15, 0.2) is 5.75 Å². The van der Waals surface area contributed by atoms with Crippen LogP contribution in [0.2, 0.25) is 0 Å². The minimum Gasteiger partial charge on any atom is -0.487 e. The molecule has 130 valence electrons. The fourth-order valence-corrected chi connectivity index (χ4v) is 2.16. The summed E-state index contributed by atoms with van der Waals surface area (Å²) in [6.07, 6.45) is 9.50. The zero-order valence-electron chi connectivity index (χ0n) is 12.9. The summed E-state index contributed by atoms with van der Waals surface area (Å²) in [6, 6.07) is 0. The quantitative estimate of drug-likeness (QED) is 0.157. The molecule has 0 aliphatic carbocycles. The molecule has 1 rings (SSSR count). The van der Waals surface area contributed by atoms with E-state index in [4.69, 9.17) is 4.74 Å². The van der Waals surface area contributed by atoms with Gasteiger partial charge < -0.3 is 4.74 Å². The Morgan fingerprint density at radius 1 is 0.652 bits per heavy atom. The van der Waals surface area contributed by atoms with Gasteiger partial charge in [-0.3, -0.25) is 0 Å². The van der Waals surface area contributed by atoms with Gasteiger partial charge in [0.25, 0.3) is 0 Å². The number of benzene rings is 1. The molecule has 6 heteroatoms. The van der Waals surface area contributed by atoms with Crippen LogP contribution in [0.25, 0.3) is 0 Å². The Kier molecular flexibility index (Phi) is 8.66. The Balaban J connectivity index is 2.28. The van der Waals surface area contributed by atoms with Crippen molar-refractivity contribution in [1.82, 2.24) is 0 Å². The number of allylic oxidation sites excluding steroid dienone is 1. The second kappa shape index (κ2) is 10.2. The second-order valence-corrected chi connectivity index (χ2v) is 5.30. The van der Waals surface area contributed by atoms with Crippen molar-refractivity contribution in [2.75, 3.05) is 6.61 Å². The van der Waals surface area contributed by atoms with Crippen LogP contribution in [0.15, 0.2) is 12.7 Å². The molecular weight excluding hydrogens is 315 g/mol. The van der Waals surface area contributed by atoms with Crippen LogP contribution in [0.5, 0.6) is 5.75 Å². The van der Waals surface area contributed by atoms with Crippen LogP contribution in [0.4, 0.5) is 22.0 Å². The predicted molar refractivity (Wildman–Crippen MR) is 78.9 cm³/mol. The molecule has 0 aromatic heterocycles. The van der Waals surface area contributed by atoms with E-state index in [2.05, 4.69) is 6.58 Å². The van der Waals surface area contributed by atoms with Crippen LogP contribution in [-0.2, 0) is 0 Å². The summed E-state index contributed by atoms with van der Waals surface area (Å²) in [5.41, 5.74) is 0. The van der Waals surface area contributed by atoms with E-state index < -0.39 is 34.8 Å². The van der Waals surface area contributed by atoms with Gasteiger partial charge in [-0.2, -0.15) is 8.78 Å². The molecule has 0 unspecified atom stereocenters. The molecule has 0 amide bonds. The third-order valence-corrected chi connectivity index (χ3v) is 3.47. The normalized spacial score (nSPS) is 10.8. The summed E-state index contributed by atoms with van der Waals surface area (Å²) in [6.45, 7) is 3.56. The smallest absolute Gasteiger partial charge is 0.206 e. The van der Waals surface area contributed by atoms with Gasteiger partial charge in [0.05, 0.1) is 6.61 Å². The minimum absolute atomic E-state index is 0.0885. The molecule has 0 saturated heterocycles. The van der Waals surface area contributed by atoms with Crippen molar-refractivity contribution in [1.29, 1.82) is 0 Å². The van der Waals surface area contributed by atoms with Crippen molar-refractivity contribution >= 4 is 0 Å². The van der Waals surface area contributed by atoms with Crippen LogP contribution < -0.4 is 4.74 Å². The molecular formula is C17H21F5O. The van der Waals surface area contributed by atoms with E-state index >= 15 is 0 Å². The van der Waals surface area contributed by atoms with E-state index in [0.29, 0.717) is 6.42 Å². The SMILES string of the molecule is C=CCCCCCCCCCOc1c(F)c(F)c(F)c(F)c1F. The second-order valence-electron chi connectivity index (χ2n) is 5.30. The average Bonchev–Trinajstić information content (AvgIpc) is 2.55. The van der Waals surface area contributed by atoms with Crippen molar-refractivity contribution in [2.45, 2.75) is 51.4 Å². The highest BCUT2D eigenvalue weighted by Crippen LogP contribution is 2.29. The van der Waals surface area contributed by atoms with Crippen LogP contribution in [0, 0.1) is 29.1 Å². The Hall–Kier alpha value is -1.59. The maximum absolute atomic E-state index is 13.3. The molecule has 0 heterocycles. The summed E-state index contributed by atoms with van der Waals surface area (Å²) < 4.78 is 70.2. The summed E-state index contributed by atoms with van der Waals surface area (Å²) >= 11 is 0. The van der Waals surface area contributed by atoms with Crippen LogP contribution >= 0.6 is 0 Å². The monoisotopic (exact) mass is 336 g/mol. The van der Waals surface area contributed by atoms with Crippen molar-refractivity contribution in [3.63, 3.8) is 0 Å². The lowest BCUT2D eigenvalue weighted by Gasteiger charge is -2.10. The first kappa shape index (κ1) is 19.5. The average molecular weight is 336 g/mol. The molecule has 0 radical (unpaired) electrons. The van der Waals surface area contributed by atoms with Gasteiger partial charge in [0, 0.05) is 0 Å². The highest BCUT2D eigenvalue weighted by atomic mass is 19.2. The molecule has 0 atom stereocenters. The number of hydrogen-bond donors (Lipinski definition) is 0. The van der Waals surface area contributed by atoms with Crippen LogP contribution in [-0.4, -0.2) is 6.61 Å². The highest BCUT2D eigenvalue weighted by Gasteiger charge is 2.26. The van der Waals surface area contributed by atoms with Gasteiger partial charge >= 0.3 is 0 Å². The van der Waals surface area contributed by atoms with Crippen molar-refractivity contribution in [2.24, 2.45) is 0 Å². The van der Waals surface area contributed by atoms with Crippen molar-refractivity contribution < 1.29 is 26.7 Å². The van der Waals surface area contributed by atoms with Gasteiger partial charge in [0.1, 0.15) is 0 Å². The van der Waals surface area contributed by atoms with Crippen LogP contribution in [0.3, 0.4) is 0 Å². The number of halogens is 5. The molecule has 23 heavy (non-hydrogen) atoms. The Bertz CT molecular complexity index is 487. The lowest BCUT2D eigenvalue weighted by atomic mass is 10.1. The molecule has 0 N–H and O–H groups in total. The highest BCUT2D eigenvalue weighted by molar-refractivity contribution is 5.29. The van der Waals surface area contributed by atoms with E-state index in [0.717, 1.165) is 44.9 Å². The Morgan fingerprint density at radius 3 is 1.61 bits per heavy atom. The predicted octanol–water partition coefficient (Wildman–Crippen LogP) is 6.07. The summed E-state index contributed by atoms with van der Waals surface area (Å²) in [7, 11) is 0. The van der Waals surface area contributed by atoms with E-state index in [9.17, 15) is 22.0 Å². The maximum Gasteiger partial charge on any atom is 0.206 e. The lowest BCUT2D eigenvalue weighted by molar-refractivity contribution is 0.255. The molecule has 0 bridgehead atoms. The topological polar surface area (TPSA) is 9.23 Å². The van der Waals surface area contributed by atoms with E-state index in [1.165, 1.54) is 0 Å². The fraction of sp³-hybridized carbons (Fsp3) is 0.529. The molecule has 0 aliphatic heterocycles. The summed E-state index contributed by atoms with van der Waals surface area (Å²) in [5.74, 6) is -11.2. The molecule has 0 fully saturated rings. The summed E-state index contributed by atoms with van der Waals surface area (Å²) in [4.78, 5) is 0. The third kappa shape index (κ3) is 5.84. The van der Waals surface area contributed by atoms with Gasteiger partial charge in [-0.05, 0) is 19.3 Å². The van der Waals surface area contributed by atoms with Gasteiger partial charge in [-0.1, -0.05) is 38.2 Å². The third-order valence-electron chi connectivity index (χ3n) is 3.47. The molecule has 1 aromatic rings. The molecule has 0 aliphatic rings. The first-order valence-electron chi connectivity index (χ1n) is 7.75. The van der Waals surface area contributed by atoms with Crippen LogP contribution in [0.1, 0.15) is 51.4 Å². The standard InChI is InChI=1S/C17H21F5O/c1-2-3-4-5-6-7-8-9-10-11-23-17-15(21)13(19)12(18)14(20)16(17)22/h2H,1,3-11H2. The molecule has 1 nitrogen and oxygen atoms in total. The zero-order valence-corrected chi connectivity index (χ0v) is 12.9. The number of ether oxygens (including phenoxy) is 1. The number of hydrogen-bond acceptors (Lipinski definition) is 1. The molecule has 1 aromatic carbocycles. The molecule has 0 saturated carbocycles. The van der Waals surface area contributed by atoms with Gasteiger partial charge in [0.2, 0.25) is 29.1 Å². The zero-order chi connectivity index (χ0) is 17.2.